The topological polar surface area (TPSA) is 23.6 Å². The fourth-order valence-corrected chi connectivity index (χ4v) is 3.76. The first-order valence-corrected chi connectivity index (χ1v) is 7.52. The van der Waals surface area contributed by atoms with Crippen LogP contribution >= 0.6 is 23.4 Å². The molecule has 2 atom stereocenters. The van der Waals surface area contributed by atoms with Gasteiger partial charge in [0.1, 0.15) is 5.38 Å². The Balaban J connectivity index is 1.80. The van der Waals surface area contributed by atoms with Crippen LogP contribution in [0.25, 0.3) is 0 Å². The monoisotopic (exact) mass is 262 g/mol. The van der Waals surface area contributed by atoms with Crippen molar-refractivity contribution in [3.05, 3.63) is 0 Å². The lowest BCUT2D eigenvalue weighted by Gasteiger charge is -2.38. The molecule has 0 aromatic carbocycles. The number of carbonyl (C=O) groups excluding carboxylic acids is 1. The second kappa shape index (κ2) is 5.61. The number of alkyl halides is 1. The van der Waals surface area contributed by atoms with E-state index in [0.717, 1.165) is 32.2 Å². The van der Waals surface area contributed by atoms with Gasteiger partial charge in [-0.2, -0.15) is 11.8 Å². The molecule has 5 heteroatoms. The molecular weight excluding hydrogens is 244 g/mol. The van der Waals surface area contributed by atoms with Crippen molar-refractivity contribution in [3.8, 4) is 0 Å². The first-order chi connectivity index (χ1) is 7.68. The third kappa shape index (κ3) is 2.84. The highest BCUT2D eigenvalue weighted by molar-refractivity contribution is 7.99. The van der Waals surface area contributed by atoms with E-state index in [-0.39, 0.29) is 11.3 Å². The Kier molecular flexibility index (Phi) is 4.39. The summed E-state index contributed by atoms with van der Waals surface area (Å²) in [5.74, 6) is 2.64. The molecule has 0 bridgehead atoms. The fraction of sp³-hybridized carbons (Fsp3) is 0.909. The largest absolute Gasteiger partial charge is 0.339 e. The SMILES string of the molecule is C[C@@H](Cl)C(=O)N1CCN([C@@H]2CCSC2)CC1. The third-order valence-corrected chi connectivity index (χ3v) is 4.72. The van der Waals surface area contributed by atoms with Crippen molar-refractivity contribution in [2.45, 2.75) is 24.8 Å². The van der Waals surface area contributed by atoms with E-state index < -0.39 is 0 Å². The number of amides is 1. The highest BCUT2D eigenvalue weighted by Crippen LogP contribution is 2.23. The number of carbonyl (C=O) groups is 1. The van der Waals surface area contributed by atoms with E-state index in [9.17, 15) is 4.79 Å². The first kappa shape index (κ1) is 12.5. The molecule has 0 spiro atoms. The number of rotatable bonds is 2. The van der Waals surface area contributed by atoms with E-state index in [4.69, 9.17) is 11.6 Å². The van der Waals surface area contributed by atoms with E-state index in [1.165, 1.54) is 17.9 Å². The number of halogens is 1. The molecule has 3 nitrogen and oxygen atoms in total. The summed E-state index contributed by atoms with van der Waals surface area (Å²) in [7, 11) is 0. The molecule has 16 heavy (non-hydrogen) atoms. The summed E-state index contributed by atoms with van der Waals surface area (Å²) in [5.41, 5.74) is 0. The Bertz CT molecular complexity index is 248. The molecule has 2 aliphatic rings. The van der Waals surface area contributed by atoms with Gasteiger partial charge < -0.3 is 4.90 Å². The molecule has 0 aromatic rings. The summed E-state index contributed by atoms with van der Waals surface area (Å²) in [6, 6.07) is 0.746. The number of thioether (sulfide) groups is 1. The van der Waals surface area contributed by atoms with Crippen molar-refractivity contribution in [3.63, 3.8) is 0 Å². The predicted molar refractivity (Wildman–Crippen MR) is 69.2 cm³/mol. The maximum absolute atomic E-state index is 11.7. The van der Waals surface area contributed by atoms with Crippen molar-refractivity contribution in [1.82, 2.24) is 9.80 Å². The van der Waals surface area contributed by atoms with Crippen LogP contribution in [0.5, 0.6) is 0 Å². The number of nitrogens with zero attached hydrogens (tertiary/aromatic N) is 2. The average molecular weight is 263 g/mol. The second-order valence-electron chi connectivity index (χ2n) is 4.49. The van der Waals surface area contributed by atoms with Crippen molar-refractivity contribution < 1.29 is 4.79 Å². The van der Waals surface area contributed by atoms with Gasteiger partial charge in [-0.15, -0.1) is 11.6 Å². The second-order valence-corrected chi connectivity index (χ2v) is 6.30. The fourth-order valence-electron chi connectivity index (χ4n) is 2.37. The minimum Gasteiger partial charge on any atom is -0.339 e. The molecule has 2 fully saturated rings. The van der Waals surface area contributed by atoms with E-state index >= 15 is 0 Å². The Hall–Kier alpha value is 0.0700. The molecule has 1 amide bonds. The van der Waals surface area contributed by atoms with Crippen LogP contribution in [0.3, 0.4) is 0 Å². The Morgan fingerprint density at radius 3 is 2.56 bits per heavy atom. The van der Waals surface area contributed by atoms with Crippen molar-refractivity contribution >= 4 is 29.3 Å². The van der Waals surface area contributed by atoms with Gasteiger partial charge in [-0.25, -0.2) is 0 Å². The maximum Gasteiger partial charge on any atom is 0.240 e. The van der Waals surface area contributed by atoms with E-state index in [0.29, 0.717) is 0 Å². The van der Waals surface area contributed by atoms with Gasteiger partial charge in [0.2, 0.25) is 5.91 Å². The number of piperazine rings is 1. The van der Waals surface area contributed by atoms with Crippen molar-refractivity contribution in [2.75, 3.05) is 37.7 Å². The van der Waals surface area contributed by atoms with Crippen molar-refractivity contribution in [1.29, 1.82) is 0 Å². The molecule has 2 saturated heterocycles. The van der Waals surface area contributed by atoms with Gasteiger partial charge in [-0.3, -0.25) is 9.69 Å². The van der Waals surface area contributed by atoms with Gasteiger partial charge in [0.25, 0.3) is 0 Å². The zero-order chi connectivity index (χ0) is 11.5. The zero-order valence-corrected chi connectivity index (χ0v) is 11.3. The molecule has 0 unspecified atom stereocenters. The summed E-state index contributed by atoms with van der Waals surface area (Å²) in [6.45, 7) is 5.47. The smallest absolute Gasteiger partial charge is 0.240 e. The van der Waals surface area contributed by atoms with Crippen molar-refractivity contribution in [2.24, 2.45) is 0 Å². The average Bonchev–Trinajstić information content (AvgIpc) is 2.81. The van der Waals surface area contributed by atoms with Gasteiger partial charge in [-0.05, 0) is 19.1 Å². The summed E-state index contributed by atoms with van der Waals surface area (Å²) >= 11 is 7.86. The van der Waals surface area contributed by atoms with E-state index in [1.807, 2.05) is 16.7 Å². The highest BCUT2D eigenvalue weighted by Gasteiger charge is 2.28. The van der Waals surface area contributed by atoms with Crippen LogP contribution in [0.1, 0.15) is 13.3 Å². The first-order valence-electron chi connectivity index (χ1n) is 5.93. The molecule has 0 N–H and O–H groups in total. The van der Waals surface area contributed by atoms with Gasteiger partial charge >= 0.3 is 0 Å². The molecule has 2 aliphatic heterocycles. The van der Waals surface area contributed by atoms with Gasteiger partial charge in [-0.1, -0.05) is 0 Å². The summed E-state index contributed by atoms with van der Waals surface area (Å²) in [5, 5.41) is -0.381. The van der Waals surface area contributed by atoms with Crippen LogP contribution in [-0.4, -0.2) is 64.8 Å². The minimum atomic E-state index is -0.381. The summed E-state index contributed by atoms with van der Waals surface area (Å²) in [4.78, 5) is 16.1. The minimum absolute atomic E-state index is 0.0853. The van der Waals surface area contributed by atoms with Gasteiger partial charge in [0.05, 0.1) is 0 Å². The van der Waals surface area contributed by atoms with Crippen LogP contribution in [0.15, 0.2) is 0 Å². The quantitative estimate of drug-likeness (QED) is 0.700. The Labute approximate surface area is 106 Å². The zero-order valence-electron chi connectivity index (χ0n) is 9.69. The Morgan fingerprint density at radius 1 is 1.38 bits per heavy atom. The molecule has 2 rings (SSSR count). The van der Waals surface area contributed by atoms with Gasteiger partial charge in [0, 0.05) is 38.0 Å². The van der Waals surface area contributed by atoms with E-state index in [2.05, 4.69) is 4.90 Å². The number of hydrogen-bond acceptors (Lipinski definition) is 3. The third-order valence-electron chi connectivity index (χ3n) is 3.39. The summed E-state index contributed by atoms with van der Waals surface area (Å²) < 4.78 is 0. The standard InChI is InChI=1S/C11H19ClN2OS/c1-9(12)11(15)14-5-3-13(4-6-14)10-2-7-16-8-10/h9-10H,2-8H2,1H3/t9-,10-/m1/s1. The molecule has 2 heterocycles. The van der Waals surface area contributed by atoms with Crippen LogP contribution in [-0.2, 0) is 4.79 Å². The number of hydrogen-bond donors (Lipinski definition) is 0. The van der Waals surface area contributed by atoms with Crippen LogP contribution < -0.4 is 0 Å². The lowest BCUT2D eigenvalue weighted by atomic mass is 10.2. The maximum atomic E-state index is 11.7. The molecule has 0 aliphatic carbocycles. The Morgan fingerprint density at radius 2 is 2.06 bits per heavy atom. The highest BCUT2D eigenvalue weighted by atomic mass is 35.5. The predicted octanol–water partition coefficient (Wildman–Crippen LogP) is 1.26. The van der Waals surface area contributed by atoms with Crippen LogP contribution in [0, 0.1) is 0 Å². The van der Waals surface area contributed by atoms with Gasteiger partial charge in [0.15, 0.2) is 0 Å². The van der Waals surface area contributed by atoms with Crippen LogP contribution in [0.4, 0.5) is 0 Å². The lowest BCUT2D eigenvalue weighted by Crippen LogP contribution is -2.53. The lowest BCUT2D eigenvalue weighted by molar-refractivity contribution is -0.132. The molecule has 0 radical (unpaired) electrons. The molecular formula is C11H19ClN2OS. The molecule has 0 saturated carbocycles. The normalized spacial score (nSPS) is 29.4. The van der Waals surface area contributed by atoms with Crippen LogP contribution in [0.2, 0.25) is 0 Å². The summed E-state index contributed by atoms with van der Waals surface area (Å²) in [6.07, 6.45) is 1.31. The van der Waals surface area contributed by atoms with E-state index in [1.54, 1.807) is 6.92 Å². The molecule has 0 aromatic heterocycles. The molecule has 92 valence electrons.